The van der Waals surface area contributed by atoms with Gasteiger partial charge in [0.05, 0.1) is 19.3 Å². The number of ether oxygens (including phenoxy) is 2. The van der Waals surface area contributed by atoms with Crippen LogP contribution in [0.2, 0.25) is 0 Å². The third-order valence-electron chi connectivity index (χ3n) is 9.34. The molecule has 3 aliphatic rings. The quantitative estimate of drug-likeness (QED) is 0.277. The lowest BCUT2D eigenvalue weighted by Gasteiger charge is -2.50. The van der Waals surface area contributed by atoms with Crippen LogP contribution in [0.3, 0.4) is 0 Å². The smallest absolute Gasteiger partial charge is 0.388 e. The van der Waals surface area contributed by atoms with Crippen molar-refractivity contribution in [3.8, 4) is 17.6 Å². The monoisotopic (exact) mass is 670 g/mol. The Balaban J connectivity index is 0.000000317. The highest BCUT2D eigenvalue weighted by Gasteiger charge is 2.41. The molecule has 3 heterocycles. The van der Waals surface area contributed by atoms with Gasteiger partial charge in [-0.1, -0.05) is 56.5 Å². The Morgan fingerprint density at radius 3 is 2.33 bits per heavy atom. The molecule has 0 aliphatic carbocycles. The molecule has 1 spiro atoms. The molecule has 9 heteroatoms. The summed E-state index contributed by atoms with van der Waals surface area (Å²) in [6.07, 6.45) is 3.05. The zero-order valence-electron chi connectivity index (χ0n) is 29.9. The van der Waals surface area contributed by atoms with Gasteiger partial charge in [0.15, 0.2) is 0 Å². The average molecular weight is 671 g/mol. The molecule has 0 radical (unpaired) electrons. The summed E-state index contributed by atoms with van der Waals surface area (Å²) in [4.78, 5) is 4.80. The molecule has 1 atom stereocenters. The molecule has 3 fully saturated rings. The lowest BCUT2D eigenvalue weighted by molar-refractivity contribution is -0.130. The summed E-state index contributed by atoms with van der Waals surface area (Å²) in [5.41, 5.74) is 6.66. The van der Waals surface area contributed by atoms with Crippen molar-refractivity contribution in [2.45, 2.75) is 71.5 Å². The Morgan fingerprint density at radius 2 is 1.75 bits per heavy atom. The second-order valence-corrected chi connectivity index (χ2v) is 13.5. The van der Waals surface area contributed by atoms with Crippen LogP contribution >= 0.6 is 0 Å². The topological polar surface area (TPSA) is 49.0 Å². The predicted molar refractivity (Wildman–Crippen MR) is 194 cm³/mol. The summed E-state index contributed by atoms with van der Waals surface area (Å²) in [5.74, 6) is 7.80. The van der Waals surface area contributed by atoms with Gasteiger partial charge in [-0.3, -0.25) is 0 Å². The molecule has 5 rings (SSSR count). The fraction of sp³-hybridized carbons (Fsp3) is 0.590. The number of alkyl halides is 3. The lowest BCUT2D eigenvalue weighted by atomic mass is 9.74. The van der Waals surface area contributed by atoms with E-state index >= 15 is 0 Å². The summed E-state index contributed by atoms with van der Waals surface area (Å²) >= 11 is 0. The van der Waals surface area contributed by atoms with Gasteiger partial charge in [0, 0.05) is 55.8 Å². The number of nitrogens with one attached hydrogen (secondary N) is 2. The molecule has 266 valence electrons. The summed E-state index contributed by atoms with van der Waals surface area (Å²) < 4.78 is 43.1. The molecule has 0 amide bonds. The van der Waals surface area contributed by atoms with Crippen molar-refractivity contribution in [1.29, 1.82) is 0 Å². The summed E-state index contributed by atoms with van der Waals surface area (Å²) in [6.45, 7) is 16.8. The minimum Gasteiger partial charge on any atom is -0.495 e. The van der Waals surface area contributed by atoms with Crippen LogP contribution in [0, 0.1) is 30.1 Å². The highest BCUT2D eigenvalue weighted by molar-refractivity contribution is 5.63. The number of nitrogens with zero attached hydrogens (tertiary/aromatic N) is 2. The Kier molecular flexibility index (Phi) is 15.6. The van der Waals surface area contributed by atoms with E-state index < -0.39 is 12.6 Å². The number of halogens is 3. The summed E-state index contributed by atoms with van der Waals surface area (Å²) in [5, 5.41) is 7.18. The predicted octanol–water partition coefficient (Wildman–Crippen LogP) is 8.13. The summed E-state index contributed by atoms with van der Waals surface area (Å²) in [7, 11) is 6.08. The van der Waals surface area contributed by atoms with Gasteiger partial charge >= 0.3 is 6.18 Å². The molecule has 2 aromatic carbocycles. The highest BCUT2D eigenvalue weighted by atomic mass is 19.4. The second-order valence-electron chi connectivity index (χ2n) is 13.5. The molecular weight excluding hydrogens is 613 g/mol. The molecule has 6 nitrogen and oxygen atoms in total. The van der Waals surface area contributed by atoms with E-state index in [1.54, 1.807) is 7.11 Å². The van der Waals surface area contributed by atoms with Gasteiger partial charge in [-0.2, -0.15) is 13.2 Å². The molecule has 0 bridgehead atoms. The van der Waals surface area contributed by atoms with Crippen LogP contribution < -0.4 is 15.4 Å². The van der Waals surface area contributed by atoms with Gasteiger partial charge < -0.3 is 29.9 Å². The Bertz CT molecular complexity index is 1320. The van der Waals surface area contributed by atoms with Crippen molar-refractivity contribution in [2.24, 2.45) is 11.3 Å². The minimum absolute atomic E-state index is 0.279. The minimum atomic E-state index is -3.96. The van der Waals surface area contributed by atoms with Crippen LogP contribution in [0.15, 0.2) is 43.0 Å². The SMILES string of the molecule is C=Cc1ccc(NCC#CC(C)Cc2c(C)cccc2NC2CCN(C)CC2)c(OC)c1.CCC(F)(F)F.CN1CC2(CCOCC2)C1. The highest BCUT2D eigenvalue weighted by Crippen LogP contribution is 2.38. The van der Waals surface area contributed by atoms with Crippen LogP contribution in [0.5, 0.6) is 5.75 Å². The van der Waals surface area contributed by atoms with Gasteiger partial charge in [0.2, 0.25) is 0 Å². The fourth-order valence-corrected chi connectivity index (χ4v) is 6.40. The maximum Gasteiger partial charge on any atom is 0.388 e. The van der Waals surface area contributed by atoms with E-state index in [2.05, 4.69) is 85.0 Å². The fourth-order valence-electron chi connectivity index (χ4n) is 6.40. The molecule has 48 heavy (non-hydrogen) atoms. The first kappa shape index (κ1) is 39.3. The number of aryl methyl sites for hydroxylation is 1. The third-order valence-corrected chi connectivity index (χ3v) is 9.34. The van der Waals surface area contributed by atoms with Crippen LogP contribution in [0.1, 0.15) is 62.6 Å². The van der Waals surface area contributed by atoms with Crippen LogP contribution in [0.25, 0.3) is 6.08 Å². The number of anilines is 2. The van der Waals surface area contributed by atoms with Gasteiger partial charge in [0.25, 0.3) is 0 Å². The van der Waals surface area contributed by atoms with Gasteiger partial charge in [-0.05, 0) is 101 Å². The third kappa shape index (κ3) is 13.0. The van der Waals surface area contributed by atoms with Crippen molar-refractivity contribution in [2.75, 3.05) is 77.8 Å². The number of piperidine rings is 1. The van der Waals surface area contributed by atoms with E-state index in [9.17, 15) is 13.2 Å². The maximum absolute atomic E-state index is 10.8. The van der Waals surface area contributed by atoms with E-state index in [0.717, 1.165) is 56.6 Å². The average Bonchev–Trinajstić information content (AvgIpc) is 3.06. The lowest BCUT2D eigenvalue weighted by Crippen LogP contribution is -2.56. The van der Waals surface area contributed by atoms with Gasteiger partial charge in [-0.15, -0.1) is 0 Å². The zero-order valence-corrected chi connectivity index (χ0v) is 29.9. The van der Waals surface area contributed by atoms with E-state index in [-0.39, 0.29) is 5.92 Å². The van der Waals surface area contributed by atoms with Crippen LogP contribution in [0.4, 0.5) is 24.5 Å². The van der Waals surface area contributed by atoms with Crippen LogP contribution in [-0.4, -0.2) is 89.2 Å². The molecule has 3 saturated heterocycles. The number of hydrogen-bond acceptors (Lipinski definition) is 6. The van der Waals surface area contributed by atoms with E-state index in [0.29, 0.717) is 18.0 Å². The van der Waals surface area contributed by atoms with E-state index in [4.69, 9.17) is 9.47 Å². The number of hydrogen-bond donors (Lipinski definition) is 2. The molecule has 1 unspecified atom stereocenters. The number of likely N-dealkylation sites (tertiary alicyclic amines) is 2. The number of rotatable bonds is 8. The normalized spacial score (nSPS) is 18.4. The molecular formula is C39H57F3N4O2. The van der Waals surface area contributed by atoms with Crippen LogP contribution in [-0.2, 0) is 11.2 Å². The van der Waals surface area contributed by atoms with E-state index in [1.807, 2.05) is 24.3 Å². The van der Waals surface area contributed by atoms with E-state index in [1.165, 1.54) is 55.6 Å². The molecule has 0 saturated carbocycles. The number of benzene rings is 2. The summed E-state index contributed by atoms with van der Waals surface area (Å²) in [6, 6.07) is 13.1. The molecule has 2 N–H and O–H groups in total. The first-order valence-electron chi connectivity index (χ1n) is 17.3. The second kappa shape index (κ2) is 19.1. The van der Waals surface area contributed by atoms with Gasteiger partial charge in [-0.25, -0.2) is 0 Å². The standard InChI is InChI=1S/C28H37N3O.C8H15NO.C3H5F3/c1-6-23-12-13-27(28(20-23)32-5)29-16-8-9-21(2)19-25-22(3)10-7-11-26(25)30-24-14-17-31(4)18-15-24;1-9-6-8(7-9)2-4-10-5-3-8;1-2-3(4,5)6/h6-7,10-13,20-21,24,29-30H,1,14-19H2,2-5H3;2-7H2,1H3;2H2,1H3. The first-order valence-corrected chi connectivity index (χ1v) is 17.3. The van der Waals surface area contributed by atoms with Crippen molar-refractivity contribution >= 4 is 17.5 Å². The Morgan fingerprint density at radius 1 is 1.08 bits per heavy atom. The molecule has 0 aromatic heterocycles. The first-order chi connectivity index (χ1) is 22.9. The van der Waals surface area contributed by atoms with Crippen molar-refractivity contribution in [1.82, 2.24) is 9.80 Å². The van der Waals surface area contributed by atoms with Crippen molar-refractivity contribution < 1.29 is 22.6 Å². The maximum atomic E-state index is 10.8. The Labute approximate surface area is 287 Å². The zero-order chi connectivity index (χ0) is 35.2. The Hall–Kier alpha value is -3.19. The molecule has 2 aromatic rings. The largest absolute Gasteiger partial charge is 0.495 e. The van der Waals surface area contributed by atoms with Gasteiger partial charge in [0.1, 0.15) is 5.75 Å². The van der Waals surface area contributed by atoms with Crippen molar-refractivity contribution in [3.05, 3.63) is 59.7 Å². The molecule has 3 aliphatic heterocycles. The van der Waals surface area contributed by atoms with Crippen molar-refractivity contribution in [3.63, 3.8) is 0 Å². The number of methoxy groups -OCH3 is 1.